The van der Waals surface area contributed by atoms with Gasteiger partial charge in [-0.3, -0.25) is 24.5 Å². The number of aromatic nitrogens is 4. The molecule has 5 aromatic rings. The van der Waals surface area contributed by atoms with Crippen LogP contribution >= 0.6 is 17.7 Å². The second kappa shape index (κ2) is 20.0. The van der Waals surface area contributed by atoms with Gasteiger partial charge in [-0.1, -0.05) is 68.4 Å². The molecule has 9 N–H and O–H groups in total. The van der Waals surface area contributed by atoms with Crippen LogP contribution in [0, 0.1) is 5.92 Å². The predicted octanol–water partition coefficient (Wildman–Crippen LogP) is 6.07. The molecule has 0 bridgehead atoms. The van der Waals surface area contributed by atoms with Crippen molar-refractivity contribution in [1.82, 2.24) is 31.8 Å². The number of hydrogen-bond acceptors (Lipinski definition) is 12. The summed E-state index contributed by atoms with van der Waals surface area (Å²) in [6.45, 7) is 3.34. The van der Waals surface area contributed by atoms with E-state index in [1.807, 2.05) is 78.9 Å². The van der Waals surface area contributed by atoms with Crippen molar-refractivity contribution in [2.24, 2.45) is 5.92 Å². The number of amides is 1. The van der Waals surface area contributed by atoms with E-state index in [-0.39, 0.29) is 54.3 Å². The quantitative estimate of drug-likeness (QED) is 0.0665. The van der Waals surface area contributed by atoms with Gasteiger partial charge in [-0.05, 0) is 41.0 Å². The maximum atomic E-state index is 12.9. The van der Waals surface area contributed by atoms with Crippen molar-refractivity contribution in [2.45, 2.75) is 44.3 Å². The monoisotopic (exact) mass is 966 g/mol. The van der Waals surface area contributed by atoms with Gasteiger partial charge >= 0.3 is 36.4 Å². The zero-order valence-corrected chi connectivity index (χ0v) is 33.8. The first-order chi connectivity index (χ1) is 25.1. The molecule has 0 spiro atoms. The number of hydrogen-bond donors (Lipinski definition) is 5. The van der Waals surface area contributed by atoms with Crippen LogP contribution in [0.2, 0.25) is 0 Å². The number of aromatic amines is 1. The Hall–Kier alpha value is -4.08. The molecule has 19 heteroatoms. The molecule has 1 fully saturated rings. The van der Waals surface area contributed by atoms with E-state index >= 15 is 0 Å². The first kappa shape index (κ1) is 44.3. The Balaban J connectivity index is 0.00000193. The van der Waals surface area contributed by atoms with E-state index in [4.69, 9.17) is 23.5 Å². The standard InChI is InChI=1S/C35H36N5O9P.ClH.2H3N.Pt/c1-21(2)32(41)38-34-37-31-30(33(42)39-34)36-20-40(31)29-18-27(49-50(43)44)28(48-29)19-47-35(22-8-6-5-7-9-22,23-10-14-25(45-3)15-11-23)24-12-16-26(46-4)17-13-24;;;;/h5-17,20-21,27-29H,18-19H2,1-4H3,(H2-,37,38,39,41,42,43,44);1H;2*1H3;/q;;;;+1/t27-,28+,29+;;;;/m0..../s1. The van der Waals surface area contributed by atoms with Crippen LogP contribution in [-0.4, -0.2) is 63.4 Å². The number of carbonyl (C=O) groups is 1. The number of rotatable bonds is 13. The zero-order chi connectivity index (χ0) is 37.4. The summed E-state index contributed by atoms with van der Waals surface area (Å²) in [5.41, 5.74) is 0.835. The van der Waals surface area contributed by atoms with E-state index in [2.05, 4.69) is 29.7 Å². The summed E-state index contributed by atoms with van der Waals surface area (Å²) in [4.78, 5) is 46.2. The van der Waals surface area contributed by atoms with E-state index in [0.717, 1.165) is 16.7 Å². The van der Waals surface area contributed by atoms with Gasteiger partial charge in [-0.25, -0.2) is 4.98 Å². The number of anilines is 1. The molecule has 16 nitrogen and oxygen atoms in total. The van der Waals surface area contributed by atoms with Gasteiger partial charge in [0.1, 0.15) is 35.5 Å². The average Bonchev–Trinajstić information content (AvgIpc) is 3.77. The fourth-order valence-corrected chi connectivity index (χ4v) is 6.44. The first-order valence-electron chi connectivity index (χ1n) is 16.0. The minimum absolute atomic E-state index is 0. The summed E-state index contributed by atoms with van der Waals surface area (Å²) < 4.78 is 43.4. The minimum atomic E-state index is -3.01. The zero-order valence-electron chi connectivity index (χ0n) is 29.9. The molecule has 1 unspecified atom stereocenters. The van der Waals surface area contributed by atoms with Gasteiger partial charge in [0, 0.05) is 16.9 Å². The van der Waals surface area contributed by atoms with Gasteiger partial charge in [0.25, 0.3) is 5.56 Å². The molecule has 2 aromatic heterocycles. The van der Waals surface area contributed by atoms with Gasteiger partial charge < -0.3 is 31.2 Å². The number of benzene rings is 3. The van der Waals surface area contributed by atoms with Gasteiger partial charge in [0.05, 0.1) is 27.2 Å². The van der Waals surface area contributed by atoms with Crippen LogP contribution in [0.3, 0.4) is 0 Å². The fourth-order valence-electron chi connectivity index (χ4n) is 5.99. The van der Waals surface area contributed by atoms with Gasteiger partial charge in [-0.15, -0.1) is 9.42 Å². The number of fused-ring (bicyclic) bond motifs is 1. The molecule has 3 heterocycles. The van der Waals surface area contributed by atoms with E-state index in [0.29, 0.717) is 11.5 Å². The SMILES string of the molecule is COc1ccc(C(OC[C@H]2O[C@@H](n3cnc4c(=O)[nH]c(NC(=O)C(C)C)nc43)C[C@@H]2O[P+](=O)O)(c2ccccc2)c2ccc(OC)cc2)cc1.N.N.[Cl][Pt]. The van der Waals surface area contributed by atoms with E-state index in [9.17, 15) is 19.0 Å². The van der Waals surface area contributed by atoms with Crippen LogP contribution in [0.4, 0.5) is 5.95 Å². The number of nitrogens with zero attached hydrogens (tertiary/aromatic N) is 3. The molecule has 0 saturated carbocycles. The van der Waals surface area contributed by atoms with Crippen LogP contribution in [0.5, 0.6) is 11.5 Å². The van der Waals surface area contributed by atoms with E-state index in [1.165, 1.54) is 10.9 Å². The Morgan fingerprint density at radius 3 is 2.09 bits per heavy atom. The second-order valence-electron chi connectivity index (χ2n) is 11.9. The maximum absolute atomic E-state index is 12.9. The molecule has 54 heavy (non-hydrogen) atoms. The predicted molar refractivity (Wildman–Crippen MR) is 199 cm³/mol. The Morgan fingerprint density at radius 2 is 1.57 bits per heavy atom. The molecule has 293 valence electrons. The van der Waals surface area contributed by atoms with E-state index < -0.39 is 37.9 Å². The van der Waals surface area contributed by atoms with Crippen LogP contribution in [0.25, 0.3) is 11.2 Å². The summed E-state index contributed by atoms with van der Waals surface area (Å²) in [6.07, 6.45) is -1.07. The van der Waals surface area contributed by atoms with Crippen molar-refractivity contribution in [2.75, 3.05) is 26.1 Å². The Kier molecular flexibility index (Phi) is 16.4. The van der Waals surface area contributed by atoms with Gasteiger partial charge in [-0.2, -0.15) is 4.98 Å². The molecular weight excluding hydrogens is 924 g/mol. The summed E-state index contributed by atoms with van der Waals surface area (Å²) in [5, 5.41) is 2.60. The third-order valence-corrected chi connectivity index (χ3v) is 9.00. The summed E-state index contributed by atoms with van der Waals surface area (Å²) in [7, 11) is 4.79. The number of ether oxygens (including phenoxy) is 4. The van der Waals surface area contributed by atoms with Crippen molar-refractivity contribution in [3.8, 4) is 11.5 Å². The molecule has 3 aromatic carbocycles. The van der Waals surface area contributed by atoms with Crippen molar-refractivity contribution >= 4 is 40.7 Å². The number of H-pyrrole nitrogens is 1. The molecule has 1 aliphatic rings. The third-order valence-electron chi connectivity index (χ3n) is 8.55. The molecule has 1 aliphatic heterocycles. The van der Waals surface area contributed by atoms with Gasteiger partial charge in [0.15, 0.2) is 11.2 Å². The molecule has 1 amide bonds. The third kappa shape index (κ3) is 9.58. The number of carbonyl (C=O) groups excluding carboxylic acids is 1. The summed E-state index contributed by atoms with van der Waals surface area (Å²) in [6, 6.07) is 24.7. The fraction of sp³-hybridized carbons (Fsp3) is 0.314. The van der Waals surface area contributed by atoms with Crippen molar-refractivity contribution in [3.63, 3.8) is 0 Å². The molecule has 6 rings (SSSR count). The first-order valence-corrected chi connectivity index (χ1v) is 19.9. The Morgan fingerprint density at radius 1 is 1.02 bits per heavy atom. The summed E-state index contributed by atoms with van der Waals surface area (Å²) in [5.74, 6) is 0.610. The second-order valence-corrected chi connectivity index (χ2v) is 12.6. The number of halogens is 1. The van der Waals surface area contributed by atoms with E-state index in [1.54, 1.807) is 46.8 Å². The topological polar surface area (TPSA) is 246 Å². The van der Waals surface area contributed by atoms with Crippen LogP contribution in [0.1, 0.15) is 43.2 Å². The van der Waals surface area contributed by atoms with Crippen molar-refractivity contribution < 1.29 is 56.5 Å². The van der Waals surface area contributed by atoms with Crippen LogP contribution < -0.4 is 32.7 Å². The molecule has 1 saturated heterocycles. The van der Waals surface area contributed by atoms with Crippen molar-refractivity contribution in [1.29, 1.82) is 0 Å². The number of methoxy groups -OCH3 is 2. The van der Waals surface area contributed by atoms with Crippen LogP contribution in [-0.2, 0) is 47.7 Å². The normalized spacial score (nSPS) is 16.8. The molecule has 0 aliphatic carbocycles. The molecule has 0 radical (unpaired) electrons. The number of nitrogens with one attached hydrogen (secondary N) is 2. The van der Waals surface area contributed by atoms with Gasteiger partial charge in [0.2, 0.25) is 11.9 Å². The Bertz CT molecular complexity index is 1990. The Labute approximate surface area is 327 Å². The van der Waals surface area contributed by atoms with Crippen molar-refractivity contribution in [3.05, 3.63) is 112 Å². The molecule has 4 atom stereocenters. The molecular formula is C35H43ClN7O9PPt+. The number of imidazole rings is 1. The summed E-state index contributed by atoms with van der Waals surface area (Å²) >= 11 is 1.61. The van der Waals surface area contributed by atoms with Crippen LogP contribution in [0.15, 0.2) is 90.0 Å². The average molecular weight is 967 g/mol.